The lowest BCUT2D eigenvalue weighted by atomic mass is 10.1. The van der Waals surface area contributed by atoms with Gasteiger partial charge in [-0.15, -0.1) is 0 Å². The number of carbonyl (C=O) groups is 1. The highest BCUT2D eigenvalue weighted by Crippen LogP contribution is 2.36. The van der Waals surface area contributed by atoms with Gasteiger partial charge in [-0.1, -0.05) is 42.8 Å². The van der Waals surface area contributed by atoms with E-state index in [9.17, 15) is 18.0 Å². The smallest absolute Gasteiger partial charge is 0.416 e. The minimum Gasteiger partial charge on any atom is -0.456 e. The van der Waals surface area contributed by atoms with Crippen molar-refractivity contribution < 1.29 is 22.7 Å². The number of benzene rings is 2. The molecule has 0 bridgehead atoms. The maximum atomic E-state index is 12.7. The van der Waals surface area contributed by atoms with Crippen molar-refractivity contribution in [3.05, 3.63) is 82.0 Å². The molecule has 0 fully saturated rings. The first kappa shape index (κ1) is 23.3. The molecule has 0 spiro atoms. The van der Waals surface area contributed by atoms with E-state index in [1.807, 2.05) is 13.0 Å². The van der Waals surface area contributed by atoms with Gasteiger partial charge in [-0.25, -0.2) is 0 Å². The predicted octanol–water partition coefficient (Wildman–Crippen LogP) is 5.97. The van der Waals surface area contributed by atoms with Gasteiger partial charge in [-0.05, 0) is 49.2 Å². The molecule has 0 saturated heterocycles. The van der Waals surface area contributed by atoms with Crippen LogP contribution >= 0.6 is 11.6 Å². The van der Waals surface area contributed by atoms with Crippen LogP contribution in [0.25, 0.3) is 0 Å². The van der Waals surface area contributed by atoms with Gasteiger partial charge in [0.25, 0.3) is 5.91 Å². The zero-order valence-corrected chi connectivity index (χ0v) is 17.3. The second-order valence-corrected chi connectivity index (χ2v) is 6.89. The lowest BCUT2D eigenvalue weighted by Gasteiger charge is -2.12. The van der Waals surface area contributed by atoms with Gasteiger partial charge in [-0.2, -0.15) is 13.2 Å². The zero-order chi connectivity index (χ0) is 22.3. The summed E-state index contributed by atoms with van der Waals surface area (Å²) in [5, 5.41) is 2.65. The molecular weight excluding hydrogens is 417 g/mol. The van der Waals surface area contributed by atoms with E-state index >= 15 is 0 Å². The normalized spacial score (nSPS) is 12.6. The molecule has 2 aromatic rings. The Kier molecular flexibility index (Phi) is 7.94. The third-order valence-corrected chi connectivity index (χ3v) is 4.35. The van der Waals surface area contributed by atoms with Gasteiger partial charge in [0.1, 0.15) is 11.5 Å². The fourth-order valence-electron chi connectivity index (χ4n) is 2.46. The molecule has 0 radical (unpaired) electrons. The highest BCUT2D eigenvalue weighted by atomic mass is 35.5. The number of rotatable bonds is 7. The third-order valence-electron chi connectivity index (χ3n) is 4.05. The fraction of sp³-hybridized carbons (Fsp3) is 0.227. The highest BCUT2D eigenvalue weighted by Gasteiger charge is 2.31. The van der Waals surface area contributed by atoms with Crippen LogP contribution in [0.15, 0.2) is 65.9 Å². The minimum absolute atomic E-state index is 0.113. The second-order valence-electron chi connectivity index (χ2n) is 6.48. The van der Waals surface area contributed by atoms with E-state index in [0.29, 0.717) is 17.0 Å². The Morgan fingerprint density at radius 3 is 2.40 bits per heavy atom. The molecule has 0 aromatic heterocycles. The Labute approximate surface area is 178 Å². The van der Waals surface area contributed by atoms with Crippen molar-refractivity contribution >= 4 is 17.5 Å². The summed E-state index contributed by atoms with van der Waals surface area (Å²) in [6.07, 6.45) is -0.147. The molecule has 30 heavy (non-hydrogen) atoms. The molecule has 0 unspecified atom stereocenters. The van der Waals surface area contributed by atoms with Crippen molar-refractivity contribution in [1.29, 1.82) is 0 Å². The first-order valence-corrected chi connectivity index (χ1v) is 9.54. The van der Waals surface area contributed by atoms with Crippen molar-refractivity contribution in [3.8, 4) is 11.5 Å². The second kappa shape index (κ2) is 10.2. The van der Waals surface area contributed by atoms with Crippen LogP contribution in [0.2, 0.25) is 5.02 Å². The number of carbonyl (C=O) groups excluding carboxylic acids is 1. The fourth-order valence-corrected chi connectivity index (χ4v) is 2.68. The average molecular weight is 439 g/mol. The topological polar surface area (TPSA) is 64.3 Å². The quantitative estimate of drug-likeness (QED) is 0.413. The van der Waals surface area contributed by atoms with Gasteiger partial charge in [0.2, 0.25) is 0 Å². The Balaban J connectivity index is 2.01. The number of nitrogens with two attached hydrogens (primary N) is 1. The van der Waals surface area contributed by atoms with E-state index in [2.05, 4.69) is 5.32 Å². The molecule has 2 aromatic carbocycles. The lowest BCUT2D eigenvalue weighted by molar-refractivity contribution is -0.137. The van der Waals surface area contributed by atoms with Crippen LogP contribution in [0.4, 0.5) is 13.2 Å². The molecule has 0 aliphatic rings. The molecule has 0 aliphatic heterocycles. The van der Waals surface area contributed by atoms with Crippen LogP contribution < -0.4 is 15.8 Å². The van der Waals surface area contributed by atoms with Crippen LogP contribution in [0.1, 0.15) is 31.4 Å². The number of amides is 1. The molecule has 3 N–H and O–H groups in total. The molecule has 2 rings (SSSR count). The van der Waals surface area contributed by atoms with Gasteiger partial charge in [0, 0.05) is 12.2 Å². The first-order chi connectivity index (χ1) is 14.1. The van der Waals surface area contributed by atoms with Crippen LogP contribution in [0, 0.1) is 0 Å². The Bertz CT molecular complexity index is 948. The Hall–Kier alpha value is -2.93. The zero-order valence-electron chi connectivity index (χ0n) is 16.5. The van der Waals surface area contributed by atoms with Gasteiger partial charge >= 0.3 is 6.18 Å². The first-order valence-electron chi connectivity index (χ1n) is 9.16. The van der Waals surface area contributed by atoms with E-state index in [1.165, 1.54) is 6.07 Å². The van der Waals surface area contributed by atoms with Crippen molar-refractivity contribution in [2.45, 2.75) is 33.0 Å². The number of halogens is 4. The predicted molar refractivity (Wildman–Crippen MR) is 111 cm³/mol. The van der Waals surface area contributed by atoms with Gasteiger partial charge in [0.15, 0.2) is 0 Å². The van der Waals surface area contributed by atoms with E-state index in [4.69, 9.17) is 22.1 Å². The summed E-state index contributed by atoms with van der Waals surface area (Å²) in [5.74, 6) is 0.231. The third kappa shape index (κ3) is 6.56. The van der Waals surface area contributed by atoms with Gasteiger partial charge < -0.3 is 15.8 Å². The van der Waals surface area contributed by atoms with E-state index < -0.39 is 11.7 Å². The Morgan fingerprint density at radius 2 is 1.87 bits per heavy atom. The summed E-state index contributed by atoms with van der Waals surface area (Å²) < 4.78 is 43.7. The summed E-state index contributed by atoms with van der Waals surface area (Å²) >= 11 is 5.90. The standard InChI is InChI=1S/C22H22ClF3N2O2/c1-3-4-5-18(14(2)27)21(29)28-13-15-6-9-17(10-7-15)30-20-11-8-16(12-19(20)23)22(24,25)26/h4-12H,3,13,27H2,1-2H3,(H,28,29)/b5-4-,18-14-. The molecule has 0 aliphatic carbocycles. The van der Waals surface area contributed by atoms with Crippen LogP contribution in [0.3, 0.4) is 0 Å². The summed E-state index contributed by atoms with van der Waals surface area (Å²) in [5.41, 5.74) is 6.56. The number of hydrogen-bond donors (Lipinski definition) is 2. The van der Waals surface area contributed by atoms with Gasteiger partial charge in [0.05, 0.1) is 16.2 Å². The number of nitrogens with one attached hydrogen (secondary N) is 1. The summed E-state index contributed by atoms with van der Waals surface area (Å²) in [6, 6.07) is 9.63. The molecular formula is C22H22ClF3N2O2. The summed E-state index contributed by atoms with van der Waals surface area (Å²) in [6.45, 7) is 3.89. The summed E-state index contributed by atoms with van der Waals surface area (Å²) in [4.78, 5) is 12.3. The van der Waals surface area contributed by atoms with E-state index in [1.54, 1.807) is 37.3 Å². The van der Waals surface area contributed by atoms with E-state index in [0.717, 1.165) is 24.1 Å². The summed E-state index contributed by atoms with van der Waals surface area (Å²) in [7, 11) is 0. The largest absolute Gasteiger partial charge is 0.456 e. The molecule has 4 nitrogen and oxygen atoms in total. The number of allylic oxidation sites excluding steroid dienone is 2. The van der Waals surface area contributed by atoms with Crippen LogP contribution in [-0.4, -0.2) is 5.91 Å². The SMILES string of the molecule is CC/C=C\C(C(=O)NCc1ccc(Oc2ccc(C(F)(F)F)cc2Cl)cc1)=C(/C)N. The molecule has 0 heterocycles. The molecule has 0 saturated carbocycles. The molecule has 8 heteroatoms. The van der Waals surface area contributed by atoms with Crippen molar-refractivity contribution in [1.82, 2.24) is 5.32 Å². The molecule has 1 amide bonds. The lowest BCUT2D eigenvalue weighted by Crippen LogP contribution is -2.25. The molecule has 0 atom stereocenters. The average Bonchev–Trinajstić information content (AvgIpc) is 2.68. The van der Waals surface area contributed by atoms with Crippen LogP contribution in [-0.2, 0) is 17.5 Å². The highest BCUT2D eigenvalue weighted by molar-refractivity contribution is 6.32. The molecule has 160 valence electrons. The van der Waals surface area contributed by atoms with Gasteiger partial charge in [-0.3, -0.25) is 4.79 Å². The maximum Gasteiger partial charge on any atom is 0.416 e. The van der Waals surface area contributed by atoms with Crippen LogP contribution in [0.5, 0.6) is 11.5 Å². The maximum absolute atomic E-state index is 12.7. The minimum atomic E-state index is -4.47. The number of alkyl halides is 3. The Morgan fingerprint density at radius 1 is 1.20 bits per heavy atom. The van der Waals surface area contributed by atoms with Crippen molar-refractivity contribution in [3.63, 3.8) is 0 Å². The van der Waals surface area contributed by atoms with E-state index in [-0.39, 0.29) is 23.2 Å². The monoisotopic (exact) mass is 438 g/mol. The van der Waals surface area contributed by atoms with Crippen molar-refractivity contribution in [2.24, 2.45) is 5.73 Å². The number of hydrogen-bond acceptors (Lipinski definition) is 3. The van der Waals surface area contributed by atoms with Crippen molar-refractivity contribution in [2.75, 3.05) is 0 Å². The number of ether oxygens (including phenoxy) is 1.